The van der Waals surface area contributed by atoms with Crippen LogP contribution in [0.3, 0.4) is 0 Å². The smallest absolute Gasteiger partial charge is 0.407 e. The van der Waals surface area contributed by atoms with Crippen LogP contribution >= 0.6 is 0 Å². The minimum atomic E-state index is -1.30. The molecule has 22 heavy (non-hydrogen) atoms. The Kier molecular flexibility index (Phi) is 6.30. The normalized spacial score (nSPS) is 14.0. The summed E-state index contributed by atoms with van der Waals surface area (Å²) in [5.74, 6) is 0. The first-order chi connectivity index (χ1) is 10.2. The number of carbonyl (C=O) groups is 1. The topological polar surface area (TPSA) is 102 Å². The minimum absolute atomic E-state index is 0.273. The van der Waals surface area contributed by atoms with Gasteiger partial charge in [0, 0.05) is 4.92 Å². The highest BCUT2D eigenvalue weighted by Gasteiger charge is 2.27. The average molecular weight is 310 g/mol. The molecular formula is C15H22N2O5. The number of hydrogen-bond donors (Lipinski definition) is 2. The van der Waals surface area contributed by atoms with E-state index in [4.69, 9.17) is 4.74 Å². The van der Waals surface area contributed by atoms with E-state index in [1.54, 1.807) is 20.8 Å². The number of rotatable bonds is 6. The molecule has 2 unspecified atom stereocenters. The Hall–Kier alpha value is -2.15. The molecule has 1 aromatic carbocycles. The van der Waals surface area contributed by atoms with E-state index in [2.05, 4.69) is 5.32 Å². The van der Waals surface area contributed by atoms with E-state index < -0.39 is 35.3 Å². The summed E-state index contributed by atoms with van der Waals surface area (Å²) in [6, 6.07) is 8.32. The number of hydrogen-bond acceptors (Lipinski definition) is 5. The largest absolute Gasteiger partial charge is 0.444 e. The molecule has 0 radical (unpaired) electrons. The Balaban J connectivity index is 2.77. The molecule has 2 N–H and O–H groups in total. The molecule has 0 saturated carbocycles. The first-order valence-electron chi connectivity index (χ1n) is 7.00. The number of ether oxygens (including phenoxy) is 1. The third kappa shape index (κ3) is 7.03. The van der Waals surface area contributed by atoms with E-state index in [-0.39, 0.29) is 6.42 Å². The molecule has 0 fully saturated rings. The molecule has 0 bridgehead atoms. The third-order valence-electron chi connectivity index (χ3n) is 2.80. The quantitative estimate of drug-likeness (QED) is 0.616. The van der Waals surface area contributed by atoms with Gasteiger partial charge in [-0.2, -0.15) is 0 Å². The molecule has 122 valence electrons. The Labute approximate surface area is 129 Å². The molecule has 2 atom stereocenters. The molecule has 0 aliphatic carbocycles. The van der Waals surface area contributed by atoms with Crippen molar-refractivity contribution in [3.63, 3.8) is 0 Å². The van der Waals surface area contributed by atoms with E-state index in [1.165, 1.54) is 0 Å². The van der Waals surface area contributed by atoms with Crippen molar-refractivity contribution in [2.24, 2.45) is 0 Å². The number of benzene rings is 1. The predicted molar refractivity (Wildman–Crippen MR) is 81.2 cm³/mol. The number of nitrogens with one attached hydrogen (secondary N) is 1. The zero-order valence-electron chi connectivity index (χ0n) is 13.0. The standard InChI is InChI=1S/C15H22N2O5/c1-15(2,3)22-14(19)16-12(13(18)10-17(20)21)9-11-7-5-4-6-8-11/h4-8,12-13,18H,9-10H2,1-3H3,(H,16,19). The van der Waals surface area contributed by atoms with Crippen LogP contribution in [0.2, 0.25) is 0 Å². The number of alkyl carbamates (subject to hydrolysis) is 1. The number of nitrogens with zero attached hydrogens (tertiary/aromatic N) is 1. The fourth-order valence-corrected chi connectivity index (χ4v) is 1.89. The number of carbonyl (C=O) groups excluding carboxylic acids is 1. The third-order valence-corrected chi connectivity index (χ3v) is 2.80. The maximum Gasteiger partial charge on any atom is 0.407 e. The Morgan fingerprint density at radius 1 is 1.36 bits per heavy atom. The summed E-state index contributed by atoms with van der Waals surface area (Å²) in [7, 11) is 0. The van der Waals surface area contributed by atoms with Crippen LogP contribution < -0.4 is 5.32 Å². The molecule has 0 saturated heterocycles. The first-order valence-corrected chi connectivity index (χ1v) is 7.00. The summed E-state index contributed by atoms with van der Waals surface area (Å²) in [5, 5.41) is 23.1. The minimum Gasteiger partial charge on any atom is -0.444 e. The van der Waals surface area contributed by atoms with Gasteiger partial charge in [0.25, 0.3) is 0 Å². The second-order valence-corrected chi connectivity index (χ2v) is 6.03. The second-order valence-electron chi connectivity index (χ2n) is 6.03. The molecule has 0 aromatic heterocycles. The number of aliphatic hydroxyl groups excluding tert-OH is 1. The Morgan fingerprint density at radius 2 is 1.95 bits per heavy atom. The average Bonchev–Trinajstić information content (AvgIpc) is 2.36. The molecule has 7 heteroatoms. The van der Waals surface area contributed by atoms with Crippen molar-refractivity contribution in [2.45, 2.75) is 44.9 Å². The van der Waals surface area contributed by atoms with Crippen LogP contribution in [-0.4, -0.2) is 40.4 Å². The highest BCUT2D eigenvalue weighted by Crippen LogP contribution is 2.10. The lowest BCUT2D eigenvalue weighted by Crippen LogP contribution is -2.49. The molecule has 0 aliphatic rings. The van der Waals surface area contributed by atoms with Crippen LogP contribution in [0.4, 0.5) is 4.79 Å². The zero-order chi connectivity index (χ0) is 16.8. The van der Waals surface area contributed by atoms with E-state index in [0.717, 1.165) is 5.56 Å². The molecule has 0 spiro atoms. The van der Waals surface area contributed by atoms with Gasteiger partial charge in [-0.1, -0.05) is 30.3 Å². The van der Waals surface area contributed by atoms with Crippen molar-refractivity contribution < 1.29 is 19.6 Å². The lowest BCUT2D eigenvalue weighted by atomic mass is 10.0. The second kappa shape index (κ2) is 7.74. The fraction of sp³-hybridized carbons (Fsp3) is 0.533. The molecule has 1 amide bonds. The molecule has 0 heterocycles. The number of aliphatic hydroxyl groups is 1. The first kappa shape index (κ1) is 17.9. The zero-order valence-corrected chi connectivity index (χ0v) is 13.0. The number of amides is 1. The van der Waals surface area contributed by atoms with Gasteiger partial charge in [0.15, 0.2) is 0 Å². The summed E-state index contributed by atoms with van der Waals surface area (Å²) in [6.45, 7) is 4.50. The molecule has 1 rings (SSSR count). The van der Waals surface area contributed by atoms with Crippen molar-refractivity contribution in [3.8, 4) is 0 Å². The summed E-state index contributed by atoms with van der Waals surface area (Å²) in [6.07, 6.45) is -1.74. The molecular weight excluding hydrogens is 288 g/mol. The van der Waals surface area contributed by atoms with E-state index >= 15 is 0 Å². The summed E-state index contributed by atoms with van der Waals surface area (Å²) in [4.78, 5) is 21.8. The summed E-state index contributed by atoms with van der Waals surface area (Å²) in [5.41, 5.74) is 0.168. The monoisotopic (exact) mass is 310 g/mol. The molecule has 0 aliphatic heterocycles. The van der Waals surface area contributed by atoms with Crippen molar-refractivity contribution in [3.05, 3.63) is 46.0 Å². The number of nitro groups is 1. The summed E-state index contributed by atoms with van der Waals surface area (Å²) >= 11 is 0. The fourth-order valence-electron chi connectivity index (χ4n) is 1.89. The maximum atomic E-state index is 11.8. The van der Waals surface area contributed by atoms with Crippen LogP contribution in [0.1, 0.15) is 26.3 Å². The molecule has 7 nitrogen and oxygen atoms in total. The highest BCUT2D eigenvalue weighted by molar-refractivity contribution is 5.68. The van der Waals surface area contributed by atoms with Crippen molar-refractivity contribution in [1.82, 2.24) is 5.32 Å². The lowest BCUT2D eigenvalue weighted by Gasteiger charge is -2.25. The lowest BCUT2D eigenvalue weighted by molar-refractivity contribution is -0.491. The van der Waals surface area contributed by atoms with Crippen LogP contribution in [0, 0.1) is 10.1 Å². The van der Waals surface area contributed by atoms with E-state index in [9.17, 15) is 20.0 Å². The Morgan fingerprint density at radius 3 is 2.45 bits per heavy atom. The van der Waals surface area contributed by atoms with Gasteiger partial charge in [-0.25, -0.2) is 4.79 Å². The van der Waals surface area contributed by atoms with Crippen molar-refractivity contribution in [1.29, 1.82) is 0 Å². The highest BCUT2D eigenvalue weighted by atomic mass is 16.6. The van der Waals surface area contributed by atoms with E-state index in [1.807, 2.05) is 30.3 Å². The maximum absolute atomic E-state index is 11.8. The van der Waals surface area contributed by atoms with Crippen LogP contribution in [0.5, 0.6) is 0 Å². The van der Waals surface area contributed by atoms with Crippen molar-refractivity contribution >= 4 is 6.09 Å². The van der Waals surface area contributed by atoms with Gasteiger partial charge in [-0.15, -0.1) is 0 Å². The summed E-state index contributed by atoms with van der Waals surface area (Å²) < 4.78 is 5.13. The Bertz CT molecular complexity index is 498. The van der Waals surface area contributed by atoms with Crippen molar-refractivity contribution in [2.75, 3.05) is 6.54 Å². The van der Waals surface area contributed by atoms with E-state index in [0.29, 0.717) is 0 Å². The van der Waals surface area contributed by atoms with Gasteiger partial charge in [0.05, 0.1) is 6.04 Å². The SMILES string of the molecule is CC(C)(C)OC(=O)NC(Cc1ccccc1)C(O)C[N+](=O)[O-]. The van der Waals surface area contributed by atoms with Gasteiger partial charge in [0.1, 0.15) is 11.7 Å². The van der Waals surface area contributed by atoms with Gasteiger partial charge in [-0.05, 0) is 32.8 Å². The van der Waals surface area contributed by atoms with Crippen LogP contribution in [0.15, 0.2) is 30.3 Å². The van der Waals surface area contributed by atoms with Gasteiger partial charge in [0.2, 0.25) is 6.54 Å². The van der Waals surface area contributed by atoms with Gasteiger partial charge in [-0.3, -0.25) is 10.1 Å². The molecule has 1 aromatic rings. The van der Waals surface area contributed by atoms with Crippen LogP contribution in [-0.2, 0) is 11.2 Å². The van der Waals surface area contributed by atoms with Gasteiger partial charge < -0.3 is 15.2 Å². The van der Waals surface area contributed by atoms with Crippen LogP contribution in [0.25, 0.3) is 0 Å². The predicted octanol–water partition coefficient (Wildman–Crippen LogP) is 1.76. The van der Waals surface area contributed by atoms with Gasteiger partial charge >= 0.3 is 6.09 Å².